The number of nitrogens with one attached hydrogen (secondary N) is 1. The molecule has 0 radical (unpaired) electrons. The molecule has 2 heterocycles. The van der Waals surface area contributed by atoms with E-state index in [9.17, 15) is 4.79 Å². The lowest BCUT2D eigenvalue weighted by molar-refractivity contribution is -0.131. The first kappa shape index (κ1) is 19.6. The lowest BCUT2D eigenvalue weighted by Crippen LogP contribution is -2.48. The van der Waals surface area contributed by atoms with Gasteiger partial charge in [-0.15, -0.1) is 0 Å². The molecular weight excluding hydrogens is 370 g/mol. The van der Waals surface area contributed by atoms with Crippen molar-refractivity contribution >= 4 is 5.91 Å². The van der Waals surface area contributed by atoms with E-state index >= 15 is 0 Å². The number of fused-ring (bicyclic) bond motifs is 1. The van der Waals surface area contributed by atoms with Gasteiger partial charge < -0.3 is 24.3 Å². The van der Waals surface area contributed by atoms with Gasteiger partial charge in [-0.3, -0.25) is 4.79 Å². The Labute approximate surface area is 171 Å². The third-order valence-corrected chi connectivity index (χ3v) is 5.84. The van der Waals surface area contributed by atoms with Crippen LogP contribution in [0, 0.1) is 0 Å². The molecule has 29 heavy (non-hydrogen) atoms. The first-order valence-corrected chi connectivity index (χ1v) is 10.1. The summed E-state index contributed by atoms with van der Waals surface area (Å²) in [5.41, 5.74) is 1.38. The Morgan fingerprint density at radius 2 is 1.69 bits per heavy atom. The van der Waals surface area contributed by atoms with Gasteiger partial charge in [0.25, 0.3) is 0 Å². The zero-order valence-electron chi connectivity index (χ0n) is 16.9. The van der Waals surface area contributed by atoms with Crippen molar-refractivity contribution in [2.24, 2.45) is 0 Å². The molecule has 0 bridgehead atoms. The first-order chi connectivity index (χ1) is 14.1. The summed E-state index contributed by atoms with van der Waals surface area (Å²) < 4.78 is 22.1. The van der Waals surface area contributed by atoms with Gasteiger partial charge in [-0.2, -0.15) is 0 Å². The average molecular weight is 397 g/mol. The van der Waals surface area contributed by atoms with Crippen LogP contribution in [0.15, 0.2) is 42.5 Å². The van der Waals surface area contributed by atoms with E-state index in [-0.39, 0.29) is 11.9 Å². The van der Waals surface area contributed by atoms with E-state index < -0.39 is 5.41 Å². The minimum Gasteiger partial charge on any atom is -0.497 e. The summed E-state index contributed by atoms with van der Waals surface area (Å²) in [6, 6.07) is 13.5. The summed E-state index contributed by atoms with van der Waals surface area (Å²) in [5.74, 6) is 2.28. The van der Waals surface area contributed by atoms with Crippen LogP contribution in [-0.4, -0.2) is 39.4 Å². The molecule has 154 valence electrons. The van der Waals surface area contributed by atoms with Gasteiger partial charge in [0.15, 0.2) is 11.5 Å². The van der Waals surface area contributed by atoms with Crippen molar-refractivity contribution in [3.05, 3.63) is 53.6 Å². The molecule has 1 saturated heterocycles. The number of carbonyl (C=O) groups excluding carboxylic acids is 1. The van der Waals surface area contributed by atoms with Crippen molar-refractivity contribution in [3.8, 4) is 17.2 Å². The van der Waals surface area contributed by atoms with Gasteiger partial charge in [-0.1, -0.05) is 18.2 Å². The summed E-state index contributed by atoms with van der Waals surface area (Å²) in [7, 11) is 1.64. The number of methoxy groups -OCH3 is 1. The van der Waals surface area contributed by atoms with Crippen LogP contribution in [0.5, 0.6) is 17.2 Å². The van der Waals surface area contributed by atoms with Crippen LogP contribution in [0.4, 0.5) is 0 Å². The van der Waals surface area contributed by atoms with Crippen LogP contribution in [0.2, 0.25) is 0 Å². The second-order valence-electron chi connectivity index (χ2n) is 7.52. The second kappa shape index (κ2) is 8.33. The molecule has 2 aliphatic rings. The van der Waals surface area contributed by atoms with Gasteiger partial charge in [0.2, 0.25) is 5.91 Å². The van der Waals surface area contributed by atoms with Gasteiger partial charge in [0, 0.05) is 13.2 Å². The molecule has 4 rings (SSSR count). The maximum Gasteiger partial charge on any atom is 0.231 e. The molecule has 0 aromatic heterocycles. The Kier molecular flexibility index (Phi) is 5.62. The zero-order valence-corrected chi connectivity index (χ0v) is 16.9. The van der Waals surface area contributed by atoms with E-state index in [4.69, 9.17) is 18.9 Å². The van der Waals surface area contributed by atoms with Crippen molar-refractivity contribution in [1.29, 1.82) is 0 Å². The average Bonchev–Trinajstić information content (AvgIpc) is 2.79. The number of hydrogen-bond acceptors (Lipinski definition) is 5. The molecule has 0 aliphatic carbocycles. The SMILES string of the molecule is COc1ccc(C2(C(=O)N[C@@H](C)c3ccc4c(c3)OCCO4)CCOCC2)cc1. The Bertz CT molecular complexity index is 858. The van der Waals surface area contributed by atoms with Crippen LogP contribution in [-0.2, 0) is 14.9 Å². The summed E-state index contributed by atoms with van der Waals surface area (Å²) in [6.45, 7) is 4.23. The third kappa shape index (κ3) is 3.90. The van der Waals surface area contributed by atoms with E-state index in [0.29, 0.717) is 39.3 Å². The van der Waals surface area contributed by atoms with Crippen molar-refractivity contribution in [2.45, 2.75) is 31.2 Å². The maximum atomic E-state index is 13.5. The second-order valence-corrected chi connectivity index (χ2v) is 7.52. The molecule has 6 nitrogen and oxygen atoms in total. The standard InChI is InChI=1S/C23H27NO5/c1-16(17-3-8-20-21(15-17)29-14-13-28-20)24-22(25)23(9-11-27-12-10-23)18-4-6-19(26-2)7-5-18/h3-8,15-16H,9-14H2,1-2H3,(H,24,25)/t16-/m0/s1. The van der Waals surface area contributed by atoms with Crippen molar-refractivity contribution in [2.75, 3.05) is 33.5 Å². The van der Waals surface area contributed by atoms with E-state index in [0.717, 1.165) is 28.4 Å². The normalized spacial score (nSPS) is 18.6. The zero-order chi connectivity index (χ0) is 20.3. The number of carbonyl (C=O) groups is 1. The molecule has 2 aromatic rings. The van der Waals surface area contributed by atoms with Gasteiger partial charge in [-0.25, -0.2) is 0 Å². The highest BCUT2D eigenvalue weighted by molar-refractivity contribution is 5.88. The van der Waals surface area contributed by atoms with Crippen molar-refractivity contribution in [3.63, 3.8) is 0 Å². The minimum atomic E-state index is -0.605. The molecule has 2 aromatic carbocycles. The minimum absolute atomic E-state index is 0.0216. The Morgan fingerprint density at radius 3 is 2.38 bits per heavy atom. The molecule has 6 heteroatoms. The fourth-order valence-electron chi connectivity index (χ4n) is 4.02. The predicted octanol–water partition coefficient (Wildman–Crippen LogP) is 3.39. The molecule has 1 N–H and O–H groups in total. The largest absolute Gasteiger partial charge is 0.497 e. The highest BCUT2D eigenvalue weighted by Gasteiger charge is 2.42. The number of hydrogen-bond donors (Lipinski definition) is 1. The molecule has 1 fully saturated rings. The number of benzene rings is 2. The molecular formula is C23H27NO5. The highest BCUT2D eigenvalue weighted by atomic mass is 16.6. The van der Waals surface area contributed by atoms with E-state index in [1.54, 1.807) is 7.11 Å². The molecule has 0 spiro atoms. The third-order valence-electron chi connectivity index (χ3n) is 5.84. The van der Waals surface area contributed by atoms with E-state index in [2.05, 4.69) is 5.32 Å². The maximum absolute atomic E-state index is 13.5. The lowest BCUT2D eigenvalue weighted by atomic mass is 9.73. The van der Waals surface area contributed by atoms with E-state index in [1.165, 1.54) is 0 Å². The lowest BCUT2D eigenvalue weighted by Gasteiger charge is -2.37. The molecule has 1 atom stereocenters. The molecule has 0 saturated carbocycles. The number of ether oxygens (including phenoxy) is 4. The van der Waals surface area contributed by atoms with Crippen LogP contribution in [0.3, 0.4) is 0 Å². The fraction of sp³-hybridized carbons (Fsp3) is 0.435. The van der Waals surface area contributed by atoms with Crippen LogP contribution in [0.25, 0.3) is 0 Å². The summed E-state index contributed by atoms with van der Waals surface area (Å²) in [6.07, 6.45) is 1.30. The number of amides is 1. The van der Waals surface area contributed by atoms with Crippen molar-refractivity contribution < 1.29 is 23.7 Å². The summed E-state index contributed by atoms with van der Waals surface area (Å²) in [5, 5.41) is 3.22. The first-order valence-electron chi connectivity index (χ1n) is 10.1. The Hall–Kier alpha value is -2.73. The molecule has 0 unspecified atom stereocenters. The monoisotopic (exact) mass is 397 g/mol. The highest BCUT2D eigenvalue weighted by Crippen LogP contribution is 2.37. The van der Waals surface area contributed by atoms with Gasteiger partial charge in [-0.05, 0) is 55.2 Å². The quantitative estimate of drug-likeness (QED) is 0.838. The van der Waals surface area contributed by atoms with Gasteiger partial charge in [0.1, 0.15) is 19.0 Å². The smallest absolute Gasteiger partial charge is 0.231 e. The number of rotatable bonds is 5. The fourth-order valence-corrected chi connectivity index (χ4v) is 4.02. The molecule has 2 aliphatic heterocycles. The topological polar surface area (TPSA) is 66.0 Å². The van der Waals surface area contributed by atoms with Crippen LogP contribution in [0.1, 0.15) is 36.9 Å². The van der Waals surface area contributed by atoms with Gasteiger partial charge in [0.05, 0.1) is 18.6 Å². The van der Waals surface area contributed by atoms with E-state index in [1.807, 2.05) is 49.4 Å². The van der Waals surface area contributed by atoms with Crippen molar-refractivity contribution in [1.82, 2.24) is 5.32 Å². The predicted molar refractivity (Wildman–Crippen MR) is 109 cm³/mol. The Morgan fingerprint density at radius 1 is 1.00 bits per heavy atom. The van der Waals surface area contributed by atoms with Crippen LogP contribution >= 0.6 is 0 Å². The van der Waals surface area contributed by atoms with Gasteiger partial charge >= 0.3 is 0 Å². The Balaban J connectivity index is 1.56. The van der Waals surface area contributed by atoms with Crippen LogP contribution < -0.4 is 19.5 Å². The summed E-state index contributed by atoms with van der Waals surface area (Å²) >= 11 is 0. The molecule has 1 amide bonds. The summed E-state index contributed by atoms with van der Waals surface area (Å²) in [4.78, 5) is 13.5.